The van der Waals surface area contributed by atoms with E-state index in [1.165, 1.54) is 6.42 Å². The first kappa shape index (κ1) is 31.9. The van der Waals surface area contributed by atoms with Gasteiger partial charge in [-0.15, -0.1) is 0 Å². The van der Waals surface area contributed by atoms with Crippen LogP contribution in [-0.2, 0) is 0 Å². The summed E-state index contributed by atoms with van der Waals surface area (Å²) in [6.45, 7) is 26.4. The molecule has 26 heavy (non-hydrogen) atoms. The van der Waals surface area contributed by atoms with Crippen molar-refractivity contribution in [3.63, 3.8) is 0 Å². The Labute approximate surface area is 165 Å². The van der Waals surface area contributed by atoms with E-state index in [2.05, 4.69) is 37.8 Å². The van der Waals surface area contributed by atoms with Crippen molar-refractivity contribution in [1.82, 2.24) is 9.78 Å². The number of anilines is 1. The van der Waals surface area contributed by atoms with Crippen molar-refractivity contribution in [3.8, 4) is 0 Å². The number of hydrogen-bond acceptors (Lipinski definition) is 2. The number of allylic oxidation sites excluding steroid dienone is 5. The SMILES string of the molecule is C=C(CC)c1cnn(C(/C=C\C)=C/C)c1NC.CC.CC.CC.CCC. The molecule has 0 saturated heterocycles. The molecule has 1 aromatic heterocycles. The molecule has 0 radical (unpaired) electrons. The predicted octanol–water partition coefficient (Wildman–Crippen LogP) is 8.28. The van der Waals surface area contributed by atoms with E-state index in [0.29, 0.717) is 0 Å². The van der Waals surface area contributed by atoms with Crippen LogP contribution in [-0.4, -0.2) is 16.8 Å². The molecule has 0 aliphatic heterocycles. The van der Waals surface area contributed by atoms with Gasteiger partial charge in [-0.05, 0) is 31.9 Å². The largest absolute Gasteiger partial charge is 0.373 e. The van der Waals surface area contributed by atoms with Crippen LogP contribution >= 0.6 is 0 Å². The van der Waals surface area contributed by atoms with Gasteiger partial charge < -0.3 is 5.32 Å². The summed E-state index contributed by atoms with van der Waals surface area (Å²) in [5.74, 6) is 0.989. The van der Waals surface area contributed by atoms with Crippen molar-refractivity contribution in [2.24, 2.45) is 0 Å². The van der Waals surface area contributed by atoms with E-state index in [-0.39, 0.29) is 0 Å². The lowest BCUT2D eigenvalue weighted by Crippen LogP contribution is -2.04. The normalized spacial score (nSPS) is 9.31. The number of rotatable bonds is 5. The van der Waals surface area contributed by atoms with Gasteiger partial charge in [0.05, 0.1) is 11.9 Å². The Morgan fingerprint density at radius 3 is 1.85 bits per heavy atom. The van der Waals surface area contributed by atoms with Gasteiger partial charge in [0.15, 0.2) is 0 Å². The van der Waals surface area contributed by atoms with Crippen LogP contribution in [0, 0.1) is 0 Å². The minimum absolute atomic E-state index is 0.926. The maximum atomic E-state index is 4.42. The molecule has 3 nitrogen and oxygen atoms in total. The van der Waals surface area contributed by atoms with Crippen LogP contribution < -0.4 is 5.32 Å². The number of aromatic nitrogens is 2. The van der Waals surface area contributed by atoms with Crippen LogP contribution in [0.2, 0.25) is 0 Å². The maximum absolute atomic E-state index is 4.42. The smallest absolute Gasteiger partial charge is 0.137 e. The molecule has 1 heterocycles. The fourth-order valence-electron chi connectivity index (χ4n) is 1.69. The summed E-state index contributed by atoms with van der Waals surface area (Å²) < 4.78 is 1.90. The molecule has 0 unspecified atom stereocenters. The molecule has 0 atom stereocenters. The summed E-state index contributed by atoms with van der Waals surface area (Å²) in [5.41, 5.74) is 3.22. The van der Waals surface area contributed by atoms with Crippen molar-refractivity contribution in [3.05, 3.63) is 36.6 Å². The topological polar surface area (TPSA) is 29.9 Å². The Kier molecular flexibility index (Phi) is 31.3. The molecule has 1 N–H and O–H groups in total. The second kappa shape index (κ2) is 25.5. The van der Waals surface area contributed by atoms with E-state index in [1.807, 2.05) is 91.5 Å². The molecule has 0 aliphatic carbocycles. The highest BCUT2D eigenvalue weighted by atomic mass is 15.3. The average molecular weight is 366 g/mol. The van der Waals surface area contributed by atoms with E-state index in [4.69, 9.17) is 0 Å². The zero-order chi connectivity index (χ0) is 21.5. The fourth-order valence-corrected chi connectivity index (χ4v) is 1.69. The molecule has 1 aromatic rings. The monoisotopic (exact) mass is 365 g/mol. The second-order valence-corrected chi connectivity index (χ2v) is 4.45. The first-order valence-electron chi connectivity index (χ1n) is 10.3. The van der Waals surface area contributed by atoms with Gasteiger partial charge in [0.2, 0.25) is 0 Å². The average Bonchev–Trinajstić information content (AvgIpc) is 3.14. The summed E-state index contributed by atoms with van der Waals surface area (Å²) >= 11 is 0. The first-order valence-corrected chi connectivity index (χ1v) is 10.3. The molecule has 0 fully saturated rings. The maximum Gasteiger partial charge on any atom is 0.137 e. The Balaban J connectivity index is -0.000000231. The van der Waals surface area contributed by atoms with Crippen molar-refractivity contribution >= 4 is 17.1 Å². The summed E-state index contributed by atoms with van der Waals surface area (Å²) in [6, 6.07) is 0. The highest BCUT2D eigenvalue weighted by Gasteiger charge is 2.12. The van der Waals surface area contributed by atoms with Gasteiger partial charge >= 0.3 is 0 Å². The molecule has 154 valence electrons. The van der Waals surface area contributed by atoms with Crippen LogP contribution in [0.25, 0.3) is 11.3 Å². The lowest BCUT2D eigenvalue weighted by Gasteiger charge is -2.10. The lowest BCUT2D eigenvalue weighted by atomic mass is 10.1. The molecule has 0 amide bonds. The molecule has 1 rings (SSSR count). The Morgan fingerprint density at radius 2 is 1.54 bits per heavy atom. The quantitative estimate of drug-likeness (QED) is 0.532. The second-order valence-electron chi connectivity index (χ2n) is 4.45. The first-order chi connectivity index (χ1) is 12.6. The van der Waals surface area contributed by atoms with Crippen LogP contribution in [0.5, 0.6) is 0 Å². The number of hydrogen-bond donors (Lipinski definition) is 1. The van der Waals surface area contributed by atoms with E-state index < -0.39 is 0 Å². The third-order valence-electron chi connectivity index (χ3n) is 2.69. The Hall–Kier alpha value is -1.77. The molecule has 0 bridgehead atoms. The van der Waals surface area contributed by atoms with Crippen LogP contribution in [0.15, 0.2) is 31.0 Å². The highest BCUT2D eigenvalue weighted by molar-refractivity contribution is 5.75. The molecule has 0 saturated carbocycles. The van der Waals surface area contributed by atoms with Gasteiger partial charge in [-0.2, -0.15) is 5.10 Å². The summed E-state index contributed by atoms with van der Waals surface area (Å²) in [7, 11) is 1.91. The predicted molar refractivity (Wildman–Crippen MR) is 126 cm³/mol. The van der Waals surface area contributed by atoms with Crippen LogP contribution in [0.4, 0.5) is 5.82 Å². The van der Waals surface area contributed by atoms with E-state index in [1.54, 1.807) is 0 Å². The van der Waals surface area contributed by atoms with Crippen molar-refractivity contribution in [2.45, 2.75) is 89.0 Å². The van der Waals surface area contributed by atoms with Crippen LogP contribution in [0.1, 0.15) is 94.6 Å². The number of nitrogens with zero attached hydrogens (tertiary/aromatic N) is 2. The molecular weight excluding hydrogens is 318 g/mol. The van der Waals surface area contributed by atoms with E-state index >= 15 is 0 Å². The van der Waals surface area contributed by atoms with Crippen molar-refractivity contribution < 1.29 is 0 Å². The Bertz CT molecular complexity index is 466. The standard InChI is InChI=1S/C14H21N3.C3H8.3C2H6/c1-6-9-12(8-3)17-14(15-5)13(10-16-17)11(4)7-2;1-3-2;3*1-2/h6,8-10,15H,4,7H2,1-3,5H3;3H2,1-2H3;3*1-2H3/b9-6-,12-8+;;;;. The third kappa shape index (κ3) is 12.6. The summed E-state index contributed by atoms with van der Waals surface area (Å²) in [6.07, 6.45) is 10.1. The van der Waals surface area contributed by atoms with E-state index in [9.17, 15) is 0 Å². The fraction of sp³-hybridized carbons (Fsp3) is 0.609. The van der Waals surface area contributed by atoms with Gasteiger partial charge in [-0.1, -0.05) is 87.5 Å². The van der Waals surface area contributed by atoms with Gasteiger partial charge in [0.1, 0.15) is 5.82 Å². The van der Waals surface area contributed by atoms with Gasteiger partial charge in [0, 0.05) is 12.6 Å². The zero-order valence-electron chi connectivity index (χ0n) is 19.8. The van der Waals surface area contributed by atoms with Crippen LogP contribution in [0.3, 0.4) is 0 Å². The minimum Gasteiger partial charge on any atom is -0.373 e. The lowest BCUT2D eigenvalue weighted by molar-refractivity contribution is 0.912. The van der Waals surface area contributed by atoms with Crippen molar-refractivity contribution in [2.75, 3.05) is 12.4 Å². The van der Waals surface area contributed by atoms with Gasteiger partial charge in [-0.3, -0.25) is 0 Å². The summed E-state index contributed by atoms with van der Waals surface area (Å²) in [5, 5.41) is 7.62. The minimum atomic E-state index is 0.926. The molecule has 0 aliphatic rings. The Morgan fingerprint density at radius 1 is 1.08 bits per heavy atom. The zero-order valence-corrected chi connectivity index (χ0v) is 19.8. The third-order valence-corrected chi connectivity index (χ3v) is 2.69. The molecule has 0 spiro atoms. The van der Waals surface area contributed by atoms with Crippen molar-refractivity contribution in [1.29, 1.82) is 0 Å². The highest BCUT2D eigenvalue weighted by Crippen LogP contribution is 2.26. The van der Waals surface area contributed by atoms with Gasteiger partial charge in [-0.25, -0.2) is 4.68 Å². The molecule has 3 heteroatoms. The van der Waals surface area contributed by atoms with Gasteiger partial charge in [0.25, 0.3) is 0 Å². The van der Waals surface area contributed by atoms with E-state index in [0.717, 1.165) is 29.1 Å². The summed E-state index contributed by atoms with van der Waals surface area (Å²) in [4.78, 5) is 0. The number of nitrogens with one attached hydrogen (secondary N) is 1. The molecule has 0 aromatic carbocycles. The molecular formula is C23H47N3.